The number of nitrogens with zero attached hydrogens (tertiary/aromatic N) is 2. The smallest absolute Gasteiger partial charge is 0.306 e. The number of hydrogen-bond donors (Lipinski definition) is 0. The van der Waals surface area contributed by atoms with Crippen LogP contribution in [0.3, 0.4) is 0 Å². The normalized spacial score (nSPS) is 10.5. The Kier molecular flexibility index (Phi) is 0.521. The summed E-state index contributed by atoms with van der Waals surface area (Å²) in [6.45, 7) is 0. The number of imidazole rings is 1. The van der Waals surface area contributed by atoms with Crippen molar-refractivity contribution in [1.29, 1.82) is 0 Å². The minimum Gasteiger partial charge on any atom is -0.432 e. The predicted molar refractivity (Wildman–Crippen MR) is 26.3 cm³/mol. The van der Waals surface area contributed by atoms with E-state index < -0.39 is 0 Å². The highest BCUT2D eigenvalue weighted by atomic mass is 16.3. The Balaban J connectivity index is 3.06. The quantitative estimate of drug-likeness (QED) is 0.496. The Morgan fingerprint density at radius 1 is 1.75 bits per heavy atom. The monoisotopic (exact) mass is 107 g/mol. The average molecular weight is 107 g/mol. The van der Waals surface area contributed by atoms with Gasteiger partial charge in [-0.05, 0) is 0 Å². The van der Waals surface area contributed by atoms with Gasteiger partial charge in [0, 0.05) is 12.4 Å². The molecule has 1 radical (unpaired) electrons. The van der Waals surface area contributed by atoms with Gasteiger partial charge in [0.15, 0.2) is 0 Å². The van der Waals surface area contributed by atoms with Gasteiger partial charge >= 0.3 is 5.84 Å². The van der Waals surface area contributed by atoms with Crippen LogP contribution in [-0.4, -0.2) is 9.38 Å². The lowest BCUT2D eigenvalue weighted by Gasteiger charge is -1.69. The van der Waals surface area contributed by atoms with Gasteiger partial charge in [0.1, 0.15) is 12.5 Å². The first kappa shape index (κ1) is 3.72. The number of oxazole rings is 1. The molecule has 0 aliphatic carbocycles. The predicted octanol–water partition coefficient (Wildman–Crippen LogP) is 0.727. The van der Waals surface area contributed by atoms with Crippen molar-refractivity contribution in [3.63, 3.8) is 0 Å². The Morgan fingerprint density at radius 2 is 2.75 bits per heavy atom. The van der Waals surface area contributed by atoms with Crippen LogP contribution in [0, 0.1) is 6.20 Å². The Bertz CT molecular complexity index is 232. The molecule has 0 N–H and O–H groups in total. The highest BCUT2D eigenvalue weighted by Crippen LogP contribution is 1.97. The largest absolute Gasteiger partial charge is 0.432 e. The molecular formula is C5H3N2O. The second-order valence-corrected chi connectivity index (χ2v) is 1.46. The van der Waals surface area contributed by atoms with Gasteiger partial charge in [-0.3, -0.25) is 4.40 Å². The van der Waals surface area contributed by atoms with E-state index in [1.165, 1.54) is 0 Å². The second-order valence-electron chi connectivity index (χ2n) is 1.46. The molecule has 0 fully saturated rings. The summed E-state index contributed by atoms with van der Waals surface area (Å²) in [6.07, 6.45) is 7.70. The number of fused-ring (bicyclic) bond motifs is 1. The molecule has 8 heavy (non-hydrogen) atoms. The van der Waals surface area contributed by atoms with E-state index >= 15 is 0 Å². The molecule has 39 valence electrons. The molecule has 3 heteroatoms. The molecular weight excluding hydrogens is 104 g/mol. The summed E-state index contributed by atoms with van der Waals surface area (Å²) in [6, 6.07) is 0. The summed E-state index contributed by atoms with van der Waals surface area (Å²) >= 11 is 0. The van der Waals surface area contributed by atoms with Gasteiger partial charge in [0.2, 0.25) is 0 Å². The first-order valence-electron chi connectivity index (χ1n) is 2.25. The van der Waals surface area contributed by atoms with Gasteiger partial charge in [0.25, 0.3) is 0 Å². The Labute approximate surface area is 45.6 Å². The van der Waals surface area contributed by atoms with Crippen molar-refractivity contribution in [3.8, 4) is 0 Å². The lowest BCUT2D eigenvalue weighted by atomic mass is 10.9. The van der Waals surface area contributed by atoms with E-state index in [-0.39, 0.29) is 0 Å². The number of aromatic nitrogens is 2. The maximum atomic E-state index is 4.88. The lowest BCUT2D eigenvalue weighted by Crippen LogP contribution is -1.67. The summed E-state index contributed by atoms with van der Waals surface area (Å²) in [7, 11) is 0. The van der Waals surface area contributed by atoms with Gasteiger partial charge < -0.3 is 4.42 Å². The molecule has 0 unspecified atom stereocenters. The van der Waals surface area contributed by atoms with Crippen LogP contribution in [0.4, 0.5) is 0 Å². The molecule has 2 aromatic heterocycles. The second kappa shape index (κ2) is 1.12. The fourth-order valence-corrected chi connectivity index (χ4v) is 0.610. The fraction of sp³-hybridized carbons (Fsp3) is 0. The zero-order valence-electron chi connectivity index (χ0n) is 4.03. The van der Waals surface area contributed by atoms with Crippen LogP contribution in [0.1, 0.15) is 0 Å². The SMILES string of the molecule is [c]1cn2ccoc2n1. The van der Waals surface area contributed by atoms with Crippen LogP contribution in [0.25, 0.3) is 5.84 Å². The molecule has 0 aromatic carbocycles. The molecule has 0 amide bonds. The maximum absolute atomic E-state index is 4.88. The van der Waals surface area contributed by atoms with E-state index in [0.717, 1.165) is 0 Å². The molecule has 0 saturated carbocycles. The first-order chi connectivity index (χ1) is 3.97. The molecule has 3 nitrogen and oxygen atoms in total. The van der Waals surface area contributed by atoms with Gasteiger partial charge in [-0.25, -0.2) is 0 Å². The Hall–Kier alpha value is -1.25. The van der Waals surface area contributed by atoms with Gasteiger partial charge in [0.05, 0.1) is 0 Å². The van der Waals surface area contributed by atoms with Crippen molar-refractivity contribution >= 4 is 5.84 Å². The van der Waals surface area contributed by atoms with E-state index in [2.05, 4.69) is 11.2 Å². The molecule has 0 aliphatic heterocycles. The zero-order chi connectivity index (χ0) is 5.40. The Morgan fingerprint density at radius 3 is 3.62 bits per heavy atom. The molecule has 0 saturated heterocycles. The summed E-state index contributed by atoms with van der Waals surface area (Å²) in [5.74, 6) is 0.588. The summed E-state index contributed by atoms with van der Waals surface area (Å²) in [5.41, 5.74) is 0. The zero-order valence-corrected chi connectivity index (χ0v) is 4.03. The van der Waals surface area contributed by atoms with E-state index in [4.69, 9.17) is 4.42 Å². The molecule has 2 rings (SSSR count). The number of rotatable bonds is 0. The summed E-state index contributed by atoms with van der Waals surface area (Å²) < 4.78 is 6.63. The van der Waals surface area contributed by atoms with Crippen LogP contribution in [-0.2, 0) is 0 Å². The van der Waals surface area contributed by atoms with E-state index in [9.17, 15) is 0 Å². The van der Waals surface area contributed by atoms with Gasteiger partial charge in [-0.1, -0.05) is 0 Å². The van der Waals surface area contributed by atoms with E-state index in [1.807, 2.05) is 0 Å². The van der Waals surface area contributed by atoms with Crippen molar-refractivity contribution < 1.29 is 4.42 Å². The summed E-state index contributed by atoms with van der Waals surface area (Å²) in [4.78, 5) is 3.75. The van der Waals surface area contributed by atoms with Crippen LogP contribution < -0.4 is 0 Å². The van der Waals surface area contributed by atoms with Crippen LogP contribution in [0.15, 0.2) is 23.1 Å². The van der Waals surface area contributed by atoms with Crippen LogP contribution in [0.2, 0.25) is 0 Å². The third-order valence-electron chi connectivity index (χ3n) is 0.973. The minimum absolute atomic E-state index is 0.588. The van der Waals surface area contributed by atoms with Crippen molar-refractivity contribution in [3.05, 3.63) is 24.9 Å². The fourth-order valence-electron chi connectivity index (χ4n) is 0.610. The van der Waals surface area contributed by atoms with Crippen molar-refractivity contribution in [2.24, 2.45) is 0 Å². The lowest BCUT2D eigenvalue weighted by molar-refractivity contribution is 0.596. The number of hydrogen-bond acceptors (Lipinski definition) is 2. The highest BCUT2D eigenvalue weighted by molar-refractivity contribution is 5.20. The van der Waals surface area contributed by atoms with Gasteiger partial charge in [-0.15, -0.1) is 0 Å². The topological polar surface area (TPSA) is 30.4 Å². The molecule has 0 atom stereocenters. The van der Waals surface area contributed by atoms with Crippen molar-refractivity contribution in [2.45, 2.75) is 0 Å². The molecule has 0 bridgehead atoms. The standard InChI is InChI=1S/C5H3N2O/c1-2-7-3-4-8-5(7)6-1/h2-4H. The molecule has 2 aromatic rings. The van der Waals surface area contributed by atoms with Gasteiger partial charge in [-0.2, -0.15) is 4.98 Å². The first-order valence-corrected chi connectivity index (χ1v) is 2.25. The molecule has 0 aliphatic rings. The van der Waals surface area contributed by atoms with Crippen LogP contribution >= 0.6 is 0 Å². The maximum Gasteiger partial charge on any atom is 0.306 e. The van der Waals surface area contributed by atoms with Crippen molar-refractivity contribution in [2.75, 3.05) is 0 Å². The van der Waals surface area contributed by atoms with Crippen molar-refractivity contribution in [1.82, 2.24) is 9.38 Å². The molecule has 0 spiro atoms. The van der Waals surface area contributed by atoms with E-state index in [1.54, 1.807) is 23.1 Å². The summed E-state index contributed by atoms with van der Waals surface area (Å²) in [5, 5.41) is 0. The molecule has 2 heterocycles. The average Bonchev–Trinajstić information content (AvgIpc) is 2.15. The van der Waals surface area contributed by atoms with Crippen LogP contribution in [0.5, 0.6) is 0 Å². The third kappa shape index (κ3) is 0.307. The highest BCUT2D eigenvalue weighted by Gasteiger charge is 1.91. The minimum atomic E-state index is 0.588. The van der Waals surface area contributed by atoms with E-state index in [0.29, 0.717) is 5.84 Å². The third-order valence-corrected chi connectivity index (χ3v) is 0.973.